The average Bonchev–Trinajstić information content (AvgIpc) is 3.54. The van der Waals surface area contributed by atoms with Gasteiger partial charge in [0.2, 0.25) is 5.91 Å². The fourth-order valence-electron chi connectivity index (χ4n) is 5.77. The van der Waals surface area contributed by atoms with Crippen LogP contribution in [0.3, 0.4) is 0 Å². The number of esters is 1. The van der Waals surface area contributed by atoms with Gasteiger partial charge in [-0.15, -0.1) is 11.8 Å². The number of carbonyl (C=O) groups excluding carboxylic acids is 3. The van der Waals surface area contributed by atoms with E-state index in [0.29, 0.717) is 29.9 Å². The van der Waals surface area contributed by atoms with Crippen LogP contribution in [0.15, 0.2) is 42.1 Å². The Morgan fingerprint density at radius 3 is 2.62 bits per heavy atom. The number of amides is 2. The van der Waals surface area contributed by atoms with Crippen LogP contribution in [0.1, 0.15) is 31.5 Å². The van der Waals surface area contributed by atoms with Crippen LogP contribution in [0, 0.1) is 11.8 Å². The first-order chi connectivity index (χ1) is 18.6. The van der Waals surface area contributed by atoms with E-state index in [9.17, 15) is 24.6 Å². The molecule has 3 aliphatic heterocycles. The van der Waals surface area contributed by atoms with Gasteiger partial charge in [-0.3, -0.25) is 9.48 Å². The van der Waals surface area contributed by atoms with E-state index in [1.54, 1.807) is 29.7 Å². The molecule has 6 atom stereocenters. The van der Waals surface area contributed by atoms with Crippen molar-refractivity contribution >= 4 is 29.7 Å². The van der Waals surface area contributed by atoms with E-state index >= 15 is 0 Å². The predicted octanol–water partition coefficient (Wildman–Crippen LogP) is 1.75. The molecule has 2 fully saturated rings. The van der Waals surface area contributed by atoms with Crippen molar-refractivity contribution < 1.29 is 34.1 Å². The second-order valence-electron chi connectivity index (χ2n) is 10.1. The lowest BCUT2D eigenvalue weighted by Crippen LogP contribution is -2.63. The Hall–Kier alpha value is -3.09. The lowest BCUT2D eigenvalue weighted by atomic mass is 9.79. The number of hydrogen-bond donors (Lipinski definition) is 2. The summed E-state index contributed by atoms with van der Waals surface area (Å²) in [5.74, 6) is -1.70. The maximum atomic E-state index is 13.1. The van der Waals surface area contributed by atoms with Gasteiger partial charge in [0.05, 0.1) is 30.9 Å². The third kappa shape index (κ3) is 5.37. The molecule has 0 aromatic carbocycles. The summed E-state index contributed by atoms with van der Waals surface area (Å²) in [4.78, 5) is 42.9. The summed E-state index contributed by atoms with van der Waals surface area (Å²) in [6.45, 7) is 11.0. The molecular weight excluding hydrogens is 524 g/mol. The van der Waals surface area contributed by atoms with Crippen molar-refractivity contribution in [2.24, 2.45) is 18.9 Å². The van der Waals surface area contributed by atoms with Crippen molar-refractivity contribution in [1.82, 2.24) is 19.6 Å². The summed E-state index contributed by atoms with van der Waals surface area (Å²) >= 11 is 1.47. The molecule has 0 bridgehead atoms. The monoisotopic (exact) mass is 560 g/mol. The molecule has 1 aromatic heterocycles. The van der Waals surface area contributed by atoms with Gasteiger partial charge in [0.1, 0.15) is 18.9 Å². The Kier molecular flexibility index (Phi) is 8.87. The Morgan fingerprint density at radius 1 is 1.28 bits per heavy atom. The lowest BCUT2D eigenvalue weighted by Gasteiger charge is -2.46. The Bertz CT molecular complexity index is 1180. The summed E-state index contributed by atoms with van der Waals surface area (Å²) < 4.78 is 12.4. The van der Waals surface area contributed by atoms with Gasteiger partial charge in [0, 0.05) is 53.4 Å². The fraction of sp³-hybridized carbons (Fsp3) is 0.556. The molecule has 0 unspecified atom stereocenters. The maximum Gasteiger partial charge on any atom is 0.410 e. The maximum absolute atomic E-state index is 13.1. The van der Waals surface area contributed by atoms with E-state index in [1.165, 1.54) is 28.8 Å². The van der Waals surface area contributed by atoms with E-state index in [4.69, 9.17) is 9.47 Å². The number of aromatic nitrogens is 2. The first-order valence-electron chi connectivity index (χ1n) is 13.0. The van der Waals surface area contributed by atoms with Gasteiger partial charge in [0.25, 0.3) is 0 Å². The highest BCUT2D eigenvalue weighted by Gasteiger charge is 2.60. The molecule has 2 saturated heterocycles. The zero-order valence-corrected chi connectivity index (χ0v) is 23.3. The van der Waals surface area contributed by atoms with Gasteiger partial charge >= 0.3 is 12.1 Å². The third-order valence-electron chi connectivity index (χ3n) is 7.61. The quantitative estimate of drug-likeness (QED) is 0.236. The van der Waals surface area contributed by atoms with Crippen molar-refractivity contribution in [2.45, 2.75) is 56.7 Å². The number of likely N-dealkylation sites (tertiary alicyclic amines) is 1. The van der Waals surface area contributed by atoms with Crippen LogP contribution in [0.4, 0.5) is 4.79 Å². The summed E-state index contributed by atoms with van der Waals surface area (Å²) in [5.41, 5.74) is 1.73. The zero-order valence-electron chi connectivity index (χ0n) is 22.5. The zero-order chi connectivity index (χ0) is 28.4. The molecule has 12 heteroatoms. The molecule has 212 valence electrons. The van der Waals surface area contributed by atoms with Crippen LogP contribution in [0.2, 0.25) is 0 Å². The molecule has 39 heavy (non-hydrogen) atoms. The predicted molar refractivity (Wildman–Crippen MR) is 144 cm³/mol. The van der Waals surface area contributed by atoms with Crippen LogP contribution < -0.4 is 0 Å². The van der Waals surface area contributed by atoms with E-state index < -0.39 is 24.1 Å². The van der Waals surface area contributed by atoms with Gasteiger partial charge in [0.15, 0.2) is 0 Å². The summed E-state index contributed by atoms with van der Waals surface area (Å²) in [6.07, 6.45) is 4.32. The highest BCUT2D eigenvalue weighted by molar-refractivity contribution is 8.03. The second kappa shape index (κ2) is 12.0. The smallest absolute Gasteiger partial charge is 0.410 e. The van der Waals surface area contributed by atoms with Crippen LogP contribution in [0.25, 0.3) is 0 Å². The van der Waals surface area contributed by atoms with Gasteiger partial charge in [-0.05, 0) is 13.3 Å². The number of rotatable bonds is 11. The summed E-state index contributed by atoms with van der Waals surface area (Å²) in [5, 5.41) is 24.2. The molecule has 2 N–H and O–H groups in total. The van der Waals surface area contributed by atoms with Gasteiger partial charge in [-0.2, -0.15) is 5.10 Å². The van der Waals surface area contributed by atoms with E-state index in [2.05, 4.69) is 18.3 Å². The second-order valence-corrected chi connectivity index (χ2v) is 11.4. The number of fused-ring (bicyclic) bond motifs is 1. The minimum absolute atomic E-state index is 0.00745. The average molecular weight is 561 g/mol. The van der Waals surface area contributed by atoms with Crippen LogP contribution >= 0.6 is 11.8 Å². The fourth-order valence-corrected chi connectivity index (χ4v) is 7.33. The third-order valence-corrected chi connectivity index (χ3v) is 9.10. The number of hydrogen-bond acceptors (Lipinski definition) is 9. The number of carbonyl (C=O) groups is 3. The van der Waals surface area contributed by atoms with E-state index in [1.807, 2.05) is 6.92 Å². The molecule has 0 radical (unpaired) electrons. The van der Waals surface area contributed by atoms with Gasteiger partial charge in [-0.1, -0.05) is 32.2 Å². The van der Waals surface area contributed by atoms with Gasteiger partial charge in [-0.25, -0.2) is 9.59 Å². The molecular formula is C27H36N4O7S. The number of aliphatic hydroxyl groups excluding tert-OH is 2. The molecule has 0 spiro atoms. The number of β-lactam (4-membered cyclic amide) rings is 1. The van der Waals surface area contributed by atoms with Crippen molar-refractivity contribution in [1.29, 1.82) is 0 Å². The highest BCUT2D eigenvalue weighted by Crippen LogP contribution is 2.52. The topological polar surface area (TPSA) is 134 Å². The largest absolute Gasteiger partial charge is 0.457 e. The summed E-state index contributed by atoms with van der Waals surface area (Å²) in [6, 6.07) is -0.573. The Morgan fingerprint density at radius 2 is 1.97 bits per heavy atom. The molecule has 2 amide bonds. The lowest BCUT2D eigenvalue weighted by molar-refractivity contribution is -0.164. The van der Waals surface area contributed by atoms with Crippen molar-refractivity contribution in [2.75, 3.05) is 19.8 Å². The first-order valence-corrected chi connectivity index (χ1v) is 13.9. The molecule has 0 aliphatic carbocycles. The van der Waals surface area contributed by atoms with Crippen molar-refractivity contribution in [3.63, 3.8) is 0 Å². The van der Waals surface area contributed by atoms with Crippen LogP contribution in [0.5, 0.6) is 0 Å². The molecule has 0 saturated carbocycles. The van der Waals surface area contributed by atoms with Crippen LogP contribution in [-0.2, 0) is 39.1 Å². The van der Waals surface area contributed by atoms with E-state index in [-0.39, 0.29) is 54.7 Å². The Labute approximate surface area is 232 Å². The molecule has 3 aliphatic rings. The number of aryl methyl sites for hydroxylation is 1. The van der Waals surface area contributed by atoms with E-state index in [0.717, 1.165) is 5.69 Å². The molecule has 4 heterocycles. The van der Waals surface area contributed by atoms with Gasteiger partial charge < -0.3 is 29.5 Å². The Balaban J connectivity index is 1.61. The summed E-state index contributed by atoms with van der Waals surface area (Å²) in [7, 11) is 1.79. The van der Waals surface area contributed by atoms with Crippen molar-refractivity contribution in [3.05, 3.63) is 53.4 Å². The molecule has 11 nitrogen and oxygen atoms in total. The number of thioether (sulfide) groups is 1. The minimum atomic E-state index is -0.846. The number of ether oxygens (including phenoxy) is 2. The first kappa shape index (κ1) is 28.9. The van der Waals surface area contributed by atoms with Crippen LogP contribution in [-0.4, -0.2) is 91.0 Å². The highest BCUT2D eigenvalue weighted by atomic mass is 32.2. The normalized spacial score (nSPS) is 26.8. The standard InChI is InChI=1S/C27H36N4O7S/c1-6-8-37-26(35)23-24(15(3)22-21(16(4)33)25(34)31(22)23)39-19-10-18(30(13-19)27(36)38-9-7-2)11-20-17(14-32)12-28-29(20)5/h6-7,12,15-16,18-19,21-22,32-33H,1-2,8-11,13-14H2,3-5H3/t15-,16-,18+,19+,21-,22-/m1/s1. The molecule has 4 rings (SSSR count). The van der Waals surface area contributed by atoms with Crippen molar-refractivity contribution in [3.8, 4) is 0 Å². The number of nitrogens with zero attached hydrogens (tertiary/aromatic N) is 4. The number of aliphatic hydroxyl groups is 2. The minimum Gasteiger partial charge on any atom is -0.457 e. The molecule has 1 aromatic rings. The SMILES string of the molecule is C=CCOC(=O)C1=C(S[C@H]2C[C@@H](Cc3c(CO)cnn3C)N(C(=O)OCC=C)C2)[C@H](C)[C@@H]2[C@@H]([C@@H](C)O)C(=O)N12.